The quantitative estimate of drug-likeness (QED) is 0.0629. The molecule has 15 heteroatoms. The van der Waals surface area contributed by atoms with Crippen molar-refractivity contribution in [2.75, 3.05) is 6.61 Å². The van der Waals surface area contributed by atoms with Crippen LogP contribution in [0.2, 0.25) is 0 Å². The molecule has 0 aliphatic heterocycles. The topological polar surface area (TPSA) is 280 Å². The molecule has 196 valence electrons. The van der Waals surface area contributed by atoms with Crippen LogP contribution in [0.1, 0.15) is 32.1 Å². The van der Waals surface area contributed by atoms with Gasteiger partial charge in [0.1, 0.15) is 54.9 Å². The van der Waals surface area contributed by atoms with E-state index in [9.17, 15) is 61.0 Å². The van der Waals surface area contributed by atoms with Crippen molar-refractivity contribution in [1.29, 1.82) is 0 Å². The van der Waals surface area contributed by atoms with Crippen LogP contribution in [0, 0.1) is 0 Å². The van der Waals surface area contributed by atoms with E-state index in [0.29, 0.717) is 25.7 Å². The summed E-state index contributed by atoms with van der Waals surface area (Å²) in [4.78, 5) is 10.6. The molecule has 0 rings (SSSR count). The van der Waals surface area contributed by atoms with Gasteiger partial charge in [0, 0.05) is 6.61 Å². The van der Waals surface area contributed by atoms with E-state index in [1.807, 2.05) is 0 Å². The van der Waals surface area contributed by atoms with Crippen molar-refractivity contribution in [3.8, 4) is 0 Å². The molecule has 0 aliphatic carbocycles. The predicted molar refractivity (Wildman–Crippen MR) is 112 cm³/mol. The van der Waals surface area contributed by atoms with E-state index in [-0.39, 0.29) is 50.8 Å². The van der Waals surface area contributed by atoms with E-state index >= 15 is 0 Å². The standard InChI is InChI=1S/C18H36O14.Ca.2H/c19-6-4-2-1-3-5-7(20)8(21)9(22)10(23)11(24)12(25)13(26)14(27)15(28)16(29)17(30)18(31)32;;;/h7-17,19-30H,1-6H2,(H,31,32);;;. The monoisotopic (exact) mass is 518 g/mol. The van der Waals surface area contributed by atoms with Gasteiger partial charge in [-0.3, -0.25) is 0 Å². The van der Waals surface area contributed by atoms with Crippen molar-refractivity contribution in [3.63, 3.8) is 0 Å². The molecule has 0 spiro atoms. The second-order valence-corrected chi connectivity index (χ2v) is 7.69. The van der Waals surface area contributed by atoms with Crippen molar-refractivity contribution in [2.45, 2.75) is 99.2 Å². The second-order valence-electron chi connectivity index (χ2n) is 7.69. The molecule has 0 saturated heterocycles. The molecule has 0 heterocycles. The van der Waals surface area contributed by atoms with Gasteiger partial charge in [0.05, 0.1) is 6.10 Å². The summed E-state index contributed by atoms with van der Waals surface area (Å²) in [5, 5.41) is 125. The summed E-state index contributed by atoms with van der Waals surface area (Å²) in [6.07, 6.45) is -23.3. The van der Waals surface area contributed by atoms with E-state index in [1.54, 1.807) is 0 Å². The molecule has 33 heavy (non-hydrogen) atoms. The Kier molecular flexibility index (Phi) is 18.9. The Hall–Kier alpha value is 0.250. The molecule has 11 atom stereocenters. The van der Waals surface area contributed by atoms with Gasteiger partial charge in [-0.2, -0.15) is 0 Å². The first-order valence-corrected chi connectivity index (χ1v) is 10.1. The SMILES string of the molecule is O=C(O)C(O)C(O)C(O)C(O)C(O)C(O)C(O)C(O)C(O)C(O)C(O)CCCCCCO.[CaH2]. The summed E-state index contributed by atoms with van der Waals surface area (Å²) < 4.78 is 0. The number of aliphatic carboxylic acids is 1. The Morgan fingerprint density at radius 3 is 1.21 bits per heavy atom. The molecular formula is C18H38CaO14. The molecule has 0 aliphatic rings. The Morgan fingerprint density at radius 2 is 0.848 bits per heavy atom. The fourth-order valence-electron chi connectivity index (χ4n) is 2.96. The summed E-state index contributed by atoms with van der Waals surface area (Å²) in [5.41, 5.74) is 0. The van der Waals surface area contributed by atoms with Crippen LogP contribution in [-0.4, -0.2) is 184 Å². The van der Waals surface area contributed by atoms with Crippen molar-refractivity contribution >= 4 is 43.7 Å². The average molecular weight is 519 g/mol. The summed E-state index contributed by atoms with van der Waals surface area (Å²) >= 11 is 0. The third-order valence-corrected chi connectivity index (χ3v) is 5.18. The van der Waals surface area contributed by atoms with Crippen LogP contribution in [0.25, 0.3) is 0 Å². The first-order chi connectivity index (χ1) is 14.8. The van der Waals surface area contributed by atoms with E-state index < -0.39 is 73.1 Å². The van der Waals surface area contributed by atoms with Gasteiger partial charge < -0.3 is 66.4 Å². The number of carboxylic acid groups (broad SMARTS) is 1. The van der Waals surface area contributed by atoms with E-state index in [4.69, 9.17) is 10.2 Å². The van der Waals surface area contributed by atoms with Gasteiger partial charge in [0.2, 0.25) is 0 Å². The van der Waals surface area contributed by atoms with E-state index in [0.717, 1.165) is 0 Å². The number of carboxylic acids is 1. The van der Waals surface area contributed by atoms with Crippen LogP contribution in [-0.2, 0) is 4.79 Å². The number of hydrogen-bond donors (Lipinski definition) is 13. The van der Waals surface area contributed by atoms with Crippen LogP contribution >= 0.6 is 0 Å². The Bertz CT molecular complexity index is 528. The summed E-state index contributed by atoms with van der Waals surface area (Å²) in [7, 11) is 0. The fourth-order valence-corrected chi connectivity index (χ4v) is 2.96. The zero-order valence-corrected chi connectivity index (χ0v) is 17.3. The van der Waals surface area contributed by atoms with Crippen molar-refractivity contribution in [3.05, 3.63) is 0 Å². The first kappa shape index (κ1) is 35.4. The van der Waals surface area contributed by atoms with Gasteiger partial charge in [0.15, 0.2) is 6.10 Å². The zero-order valence-electron chi connectivity index (χ0n) is 17.3. The van der Waals surface area contributed by atoms with Gasteiger partial charge in [-0.05, 0) is 12.8 Å². The van der Waals surface area contributed by atoms with Crippen LogP contribution in [0.15, 0.2) is 0 Å². The number of carbonyl (C=O) groups is 1. The zero-order chi connectivity index (χ0) is 25.2. The third-order valence-electron chi connectivity index (χ3n) is 5.18. The van der Waals surface area contributed by atoms with Gasteiger partial charge in [-0.15, -0.1) is 0 Å². The molecule has 0 radical (unpaired) electrons. The Balaban J connectivity index is 0. The van der Waals surface area contributed by atoms with Crippen LogP contribution in [0.3, 0.4) is 0 Å². The second kappa shape index (κ2) is 17.6. The minimum atomic E-state index is -2.55. The molecule has 0 saturated carbocycles. The molecule has 11 unspecified atom stereocenters. The summed E-state index contributed by atoms with van der Waals surface area (Å²) in [6, 6.07) is 0. The molecule has 0 bridgehead atoms. The van der Waals surface area contributed by atoms with Crippen LogP contribution in [0.4, 0.5) is 0 Å². The number of aliphatic hydroxyl groups excluding tert-OH is 12. The molecule has 0 aromatic carbocycles. The average Bonchev–Trinajstić information content (AvgIpc) is 2.78. The van der Waals surface area contributed by atoms with Gasteiger partial charge in [-0.25, -0.2) is 4.79 Å². The Labute approximate surface area is 220 Å². The maximum absolute atomic E-state index is 10.6. The first-order valence-electron chi connectivity index (χ1n) is 10.1. The molecule has 14 nitrogen and oxygen atoms in total. The number of aliphatic hydroxyl groups is 12. The molecule has 0 fully saturated rings. The van der Waals surface area contributed by atoms with Gasteiger partial charge in [0.25, 0.3) is 0 Å². The summed E-state index contributed by atoms with van der Waals surface area (Å²) in [6.45, 7) is 0.00692. The van der Waals surface area contributed by atoms with Crippen LogP contribution < -0.4 is 0 Å². The molecular weight excluding hydrogens is 480 g/mol. The fraction of sp³-hybridized carbons (Fsp3) is 0.944. The van der Waals surface area contributed by atoms with Crippen molar-refractivity contribution < 1.29 is 71.2 Å². The molecule has 0 amide bonds. The molecule has 0 aromatic rings. The van der Waals surface area contributed by atoms with Gasteiger partial charge in [-0.1, -0.05) is 19.3 Å². The van der Waals surface area contributed by atoms with Crippen molar-refractivity contribution in [2.24, 2.45) is 0 Å². The maximum atomic E-state index is 10.6. The number of hydrogen-bond acceptors (Lipinski definition) is 13. The number of unbranched alkanes of at least 4 members (excludes halogenated alkanes) is 3. The molecule has 13 N–H and O–H groups in total. The molecule has 0 aromatic heterocycles. The number of rotatable bonds is 17. The minimum absolute atomic E-state index is 0. The van der Waals surface area contributed by atoms with E-state index in [1.165, 1.54) is 0 Å². The van der Waals surface area contributed by atoms with E-state index in [2.05, 4.69) is 0 Å². The van der Waals surface area contributed by atoms with Crippen molar-refractivity contribution in [1.82, 2.24) is 0 Å². The third kappa shape index (κ3) is 11.2. The van der Waals surface area contributed by atoms with Gasteiger partial charge >= 0.3 is 43.7 Å². The van der Waals surface area contributed by atoms with Crippen LogP contribution in [0.5, 0.6) is 0 Å². The summed E-state index contributed by atoms with van der Waals surface area (Å²) in [5.74, 6) is -1.96. The predicted octanol–water partition coefficient (Wildman–Crippen LogP) is -6.93. The normalized spacial score (nSPS) is 21.9. The Morgan fingerprint density at radius 1 is 0.515 bits per heavy atom.